The van der Waals surface area contributed by atoms with Gasteiger partial charge in [0.25, 0.3) is 11.1 Å². The maximum absolute atomic E-state index is 12.6. The Hall–Kier alpha value is -1.46. The highest BCUT2D eigenvalue weighted by Gasteiger charge is 2.37. The molecule has 0 bridgehead atoms. The molecule has 2 amide bonds. The Bertz CT molecular complexity index is 834. The summed E-state index contributed by atoms with van der Waals surface area (Å²) in [5, 5.41) is 0.420. The first-order chi connectivity index (χ1) is 13.2. The minimum atomic E-state index is -0.215. The highest BCUT2D eigenvalue weighted by atomic mass is 35.5. The number of nitrogens with zero attached hydrogens (tertiary/aromatic N) is 2. The lowest BCUT2D eigenvalue weighted by molar-refractivity contribution is -0.122. The van der Waals surface area contributed by atoms with Crippen molar-refractivity contribution in [1.29, 1.82) is 0 Å². The van der Waals surface area contributed by atoms with Crippen LogP contribution in [0.25, 0.3) is 6.08 Å². The summed E-state index contributed by atoms with van der Waals surface area (Å²) in [6, 6.07) is 4.14. The van der Waals surface area contributed by atoms with Crippen LogP contribution in [0.15, 0.2) is 17.0 Å². The van der Waals surface area contributed by atoms with Crippen LogP contribution in [-0.4, -0.2) is 34.7 Å². The van der Waals surface area contributed by atoms with Crippen LogP contribution in [0.5, 0.6) is 0 Å². The van der Waals surface area contributed by atoms with E-state index >= 15 is 0 Å². The largest absolute Gasteiger partial charge is 0.366 e. The average molecular weight is 421 g/mol. The van der Waals surface area contributed by atoms with Gasteiger partial charge < -0.3 is 4.90 Å². The van der Waals surface area contributed by atoms with Gasteiger partial charge >= 0.3 is 0 Å². The molecule has 2 aliphatic rings. The molecule has 1 aromatic carbocycles. The molecule has 0 N–H and O–H groups in total. The van der Waals surface area contributed by atoms with Crippen molar-refractivity contribution in [2.75, 3.05) is 18.0 Å². The zero-order chi connectivity index (χ0) is 20.6. The van der Waals surface area contributed by atoms with Crippen LogP contribution in [0, 0.1) is 0 Å². The molecule has 0 saturated carbocycles. The zero-order valence-electron chi connectivity index (χ0n) is 17.3. The molecule has 1 unspecified atom stereocenters. The summed E-state index contributed by atoms with van der Waals surface area (Å²) in [5.41, 5.74) is 3.34. The molecular weight excluding hydrogens is 392 g/mol. The third kappa shape index (κ3) is 3.84. The minimum Gasteiger partial charge on any atom is -0.366 e. The Morgan fingerprint density at radius 2 is 1.89 bits per heavy atom. The Balaban J connectivity index is 2.01. The van der Waals surface area contributed by atoms with Crippen LogP contribution in [0.3, 0.4) is 0 Å². The number of hydrogen-bond donors (Lipinski definition) is 0. The average Bonchev–Trinajstić information content (AvgIpc) is 2.87. The summed E-state index contributed by atoms with van der Waals surface area (Å²) in [6.45, 7) is 12.4. The van der Waals surface area contributed by atoms with Gasteiger partial charge in [0.05, 0.1) is 4.91 Å². The van der Waals surface area contributed by atoms with Crippen molar-refractivity contribution in [2.45, 2.75) is 65.3 Å². The molecule has 2 aliphatic heterocycles. The van der Waals surface area contributed by atoms with Crippen LogP contribution in [0.4, 0.5) is 10.5 Å². The van der Waals surface area contributed by atoms with Gasteiger partial charge in [-0.05, 0) is 80.1 Å². The lowest BCUT2D eigenvalue weighted by atomic mass is 9.79. The van der Waals surface area contributed by atoms with E-state index in [1.54, 1.807) is 6.08 Å². The Morgan fingerprint density at radius 1 is 1.21 bits per heavy atom. The van der Waals surface area contributed by atoms with Crippen molar-refractivity contribution in [2.24, 2.45) is 0 Å². The van der Waals surface area contributed by atoms with Crippen LogP contribution in [0.2, 0.25) is 5.02 Å². The fourth-order valence-corrected chi connectivity index (χ4v) is 5.40. The Labute approximate surface area is 177 Å². The van der Waals surface area contributed by atoms with E-state index in [0.717, 1.165) is 43.1 Å². The van der Waals surface area contributed by atoms with Crippen LogP contribution in [0.1, 0.15) is 70.9 Å². The maximum atomic E-state index is 12.6. The molecule has 0 spiro atoms. The molecule has 6 heteroatoms. The maximum Gasteiger partial charge on any atom is 0.293 e. The zero-order valence-corrected chi connectivity index (χ0v) is 18.9. The predicted octanol–water partition coefficient (Wildman–Crippen LogP) is 6.29. The molecule has 0 aromatic heterocycles. The molecule has 1 aromatic rings. The van der Waals surface area contributed by atoms with Gasteiger partial charge in [0.15, 0.2) is 0 Å². The number of benzene rings is 1. The van der Waals surface area contributed by atoms with Gasteiger partial charge in [-0.15, -0.1) is 0 Å². The van der Waals surface area contributed by atoms with Crippen LogP contribution < -0.4 is 4.90 Å². The number of amides is 2. The molecule has 2 heterocycles. The van der Waals surface area contributed by atoms with E-state index < -0.39 is 0 Å². The van der Waals surface area contributed by atoms with Gasteiger partial charge in [0.1, 0.15) is 0 Å². The highest BCUT2D eigenvalue weighted by Crippen LogP contribution is 2.46. The van der Waals surface area contributed by atoms with Gasteiger partial charge in [0, 0.05) is 29.3 Å². The van der Waals surface area contributed by atoms with Crippen molar-refractivity contribution in [3.63, 3.8) is 0 Å². The molecule has 0 radical (unpaired) electrons. The van der Waals surface area contributed by atoms with E-state index in [4.69, 9.17) is 11.6 Å². The second-order valence-electron chi connectivity index (χ2n) is 8.34. The number of carbonyl (C=O) groups excluding carboxylic acids is 2. The van der Waals surface area contributed by atoms with Crippen molar-refractivity contribution in [1.82, 2.24) is 4.90 Å². The SMILES string of the molecule is CCCN1C(=O)S/C(=C/c2cc3c(cc2Cl)N(CCC)C(C)(C)CC3C)C1=O. The topological polar surface area (TPSA) is 40.6 Å². The number of carbonyl (C=O) groups is 2. The Kier molecular flexibility index (Phi) is 6.16. The summed E-state index contributed by atoms with van der Waals surface area (Å²) in [4.78, 5) is 28.9. The van der Waals surface area contributed by atoms with E-state index in [-0.39, 0.29) is 16.7 Å². The van der Waals surface area contributed by atoms with Crippen molar-refractivity contribution < 1.29 is 9.59 Å². The summed E-state index contributed by atoms with van der Waals surface area (Å²) in [6.07, 6.45) is 4.67. The third-order valence-electron chi connectivity index (χ3n) is 5.56. The number of thioether (sulfide) groups is 1. The first kappa shape index (κ1) is 21.3. The quantitative estimate of drug-likeness (QED) is 0.525. The Morgan fingerprint density at radius 3 is 2.54 bits per heavy atom. The van der Waals surface area contributed by atoms with E-state index in [2.05, 4.69) is 38.7 Å². The molecule has 1 atom stereocenters. The van der Waals surface area contributed by atoms with Crippen molar-refractivity contribution >= 4 is 46.3 Å². The second kappa shape index (κ2) is 8.11. The van der Waals surface area contributed by atoms with E-state index in [1.165, 1.54) is 16.2 Å². The molecule has 152 valence electrons. The smallest absolute Gasteiger partial charge is 0.293 e. The monoisotopic (exact) mass is 420 g/mol. The predicted molar refractivity (Wildman–Crippen MR) is 119 cm³/mol. The summed E-state index contributed by atoms with van der Waals surface area (Å²) < 4.78 is 0. The molecule has 28 heavy (non-hydrogen) atoms. The van der Waals surface area contributed by atoms with Crippen molar-refractivity contribution in [3.05, 3.63) is 33.2 Å². The number of rotatable bonds is 5. The van der Waals surface area contributed by atoms with Gasteiger partial charge in [-0.2, -0.15) is 0 Å². The first-order valence-electron chi connectivity index (χ1n) is 10.1. The normalized spacial score (nSPS) is 22.9. The van der Waals surface area contributed by atoms with Gasteiger partial charge in [-0.25, -0.2) is 0 Å². The standard InChI is InChI=1S/C22H29ClN2O2S/c1-6-8-24-20(26)19(28-21(24)27)11-15-10-16-14(3)13-22(4,5)25(9-7-2)18(16)12-17(15)23/h10-12,14H,6-9,13H2,1-5H3/b19-11+. The van der Waals surface area contributed by atoms with E-state index in [1.807, 2.05) is 13.0 Å². The molecule has 3 rings (SSSR count). The lowest BCUT2D eigenvalue weighted by Crippen LogP contribution is -2.48. The highest BCUT2D eigenvalue weighted by molar-refractivity contribution is 8.18. The number of fused-ring (bicyclic) bond motifs is 1. The number of halogens is 1. The third-order valence-corrected chi connectivity index (χ3v) is 6.79. The summed E-state index contributed by atoms with van der Waals surface area (Å²) in [7, 11) is 0. The van der Waals surface area contributed by atoms with E-state index in [0.29, 0.717) is 22.4 Å². The fourth-order valence-electron chi connectivity index (χ4n) is 4.34. The second-order valence-corrected chi connectivity index (χ2v) is 9.74. The summed E-state index contributed by atoms with van der Waals surface area (Å²) >= 11 is 7.64. The summed E-state index contributed by atoms with van der Waals surface area (Å²) in [5.74, 6) is 0.185. The van der Waals surface area contributed by atoms with Crippen LogP contribution in [-0.2, 0) is 4.79 Å². The molecule has 1 saturated heterocycles. The van der Waals surface area contributed by atoms with Crippen molar-refractivity contribution in [3.8, 4) is 0 Å². The first-order valence-corrected chi connectivity index (χ1v) is 11.3. The molecular formula is C22H29ClN2O2S. The molecule has 4 nitrogen and oxygen atoms in total. The fraction of sp³-hybridized carbons (Fsp3) is 0.545. The van der Waals surface area contributed by atoms with Gasteiger partial charge in [0.2, 0.25) is 0 Å². The number of hydrogen-bond acceptors (Lipinski definition) is 4. The number of imide groups is 1. The minimum absolute atomic E-state index is 0.0794. The lowest BCUT2D eigenvalue weighted by Gasteiger charge is -2.47. The molecule has 0 aliphatic carbocycles. The van der Waals surface area contributed by atoms with Crippen LogP contribution >= 0.6 is 23.4 Å². The number of anilines is 1. The van der Waals surface area contributed by atoms with Gasteiger partial charge in [-0.3, -0.25) is 14.5 Å². The van der Waals surface area contributed by atoms with E-state index in [9.17, 15) is 9.59 Å². The van der Waals surface area contributed by atoms with Gasteiger partial charge in [-0.1, -0.05) is 32.4 Å². The molecule has 1 fully saturated rings.